The van der Waals surface area contributed by atoms with Gasteiger partial charge in [-0.2, -0.15) is 0 Å². The second-order valence-corrected chi connectivity index (χ2v) is 6.32. The molecule has 0 bridgehead atoms. The summed E-state index contributed by atoms with van der Waals surface area (Å²) in [4.78, 5) is 16.9. The maximum Gasteiger partial charge on any atom is 0.255 e. The zero-order chi connectivity index (χ0) is 19.9. The highest BCUT2D eigenvalue weighted by Crippen LogP contribution is 2.38. The van der Waals surface area contributed by atoms with Gasteiger partial charge in [0.15, 0.2) is 11.5 Å². The minimum absolute atomic E-state index is 0.237. The van der Waals surface area contributed by atoms with Gasteiger partial charge in [0, 0.05) is 18.7 Å². The van der Waals surface area contributed by atoms with Crippen LogP contribution in [-0.4, -0.2) is 51.5 Å². The standard InChI is InChI=1S/C20H25N3O5/c1-25-16-9-13(10-17(26-2)19(16)27-3)20(24)23-14-6-7-18(21-11-14)22-12-15-5-4-8-28-15/h6-7,9-11,15H,4-5,8,12H2,1-3H3,(H,21,22)(H,23,24). The number of ether oxygens (including phenoxy) is 4. The van der Waals surface area contributed by atoms with E-state index in [0.29, 0.717) is 28.5 Å². The van der Waals surface area contributed by atoms with Crippen LogP contribution in [0.3, 0.4) is 0 Å². The van der Waals surface area contributed by atoms with Crippen LogP contribution in [0.25, 0.3) is 0 Å². The number of amides is 1. The molecule has 1 aromatic carbocycles. The summed E-state index contributed by atoms with van der Waals surface area (Å²) in [5.41, 5.74) is 0.969. The van der Waals surface area contributed by atoms with Crippen molar-refractivity contribution in [2.24, 2.45) is 0 Å². The van der Waals surface area contributed by atoms with Crippen LogP contribution in [0.4, 0.5) is 11.5 Å². The highest BCUT2D eigenvalue weighted by Gasteiger charge is 2.17. The second kappa shape index (κ2) is 9.27. The summed E-state index contributed by atoms with van der Waals surface area (Å²) in [7, 11) is 4.52. The fraction of sp³-hybridized carbons (Fsp3) is 0.400. The van der Waals surface area contributed by atoms with Gasteiger partial charge in [0.05, 0.1) is 39.3 Å². The molecule has 2 aromatic rings. The summed E-state index contributed by atoms with van der Waals surface area (Å²) in [5.74, 6) is 1.70. The number of benzene rings is 1. The van der Waals surface area contributed by atoms with Crippen molar-refractivity contribution in [2.75, 3.05) is 45.1 Å². The molecule has 2 N–H and O–H groups in total. The molecule has 1 aliphatic heterocycles. The predicted octanol–water partition coefficient (Wildman–Crippen LogP) is 2.95. The van der Waals surface area contributed by atoms with E-state index in [9.17, 15) is 4.79 Å². The summed E-state index contributed by atoms with van der Waals surface area (Å²) >= 11 is 0. The second-order valence-electron chi connectivity index (χ2n) is 6.32. The van der Waals surface area contributed by atoms with Crippen molar-refractivity contribution in [3.8, 4) is 17.2 Å². The number of pyridine rings is 1. The van der Waals surface area contributed by atoms with Gasteiger partial charge in [-0.15, -0.1) is 0 Å². The topological polar surface area (TPSA) is 90.9 Å². The molecule has 150 valence electrons. The lowest BCUT2D eigenvalue weighted by molar-refractivity contribution is 0.102. The minimum Gasteiger partial charge on any atom is -0.493 e. The third kappa shape index (κ3) is 4.64. The maximum absolute atomic E-state index is 12.6. The molecule has 8 heteroatoms. The predicted molar refractivity (Wildman–Crippen MR) is 106 cm³/mol. The van der Waals surface area contributed by atoms with Crippen LogP contribution in [-0.2, 0) is 4.74 Å². The van der Waals surface area contributed by atoms with Crippen LogP contribution in [0.1, 0.15) is 23.2 Å². The molecule has 1 atom stereocenters. The smallest absolute Gasteiger partial charge is 0.255 e. The Bertz CT molecular complexity index is 779. The van der Waals surface area contributed by atoms with Crippen molar-refractivity contribution in [2.45, 2.75) is 18.9 Å². The monoisotopic (exact) mass is 387 g/mol. The molecule has 8 nitrogen and oxygen atoms in total. The number of hydrogen-bond acceptors (Lipinski definition) is 7. The first-order valence-electron chi connectivity index (χ1n) is 9.07. The van der Waals surface area contributed by atoms with Crippen molar-refractivity contribution >= 4 is 17.4 Å². The third-order valence-electron chi connectivity index (χ3n) is 4.48. The van der Waals surface area contributed by atoms with Crippen LogP contribution in [0.5, 0.6) is 17.2 Å². The molecule has 1 unspecified atom stereocenters. The van der Waals surface area contributed by atoms with E-state index in [1.54, 1.807) is 24.4 Å². The molecule has 1 fully saturated rings. The van der Waals surface area contributed by atoms with Gasteiger partial charge >= 0.3 is 0 Å². The van der Waals surface area contributed by atoms with E-state index in [4.69, 9.17) is 18.9 Å². The molecule has 3 rings (SSSR count). The molecule has 0 aliphatic carbocycles. The normalized spacial score (nSPS) is 15.8. The number of nitrogens with zero attached hydrogens (tertiary/aromatic N) is 1. The number of carbonyl (C=O) groups is 1. The largest absolute Gasteiger partial charge is 0.493 e. The van der Waals surface area contributed by atoms with E-state index >= 15 is 0 Å². The van der Waals surface area contributed by atoms with Crippen molar-refractivity contribution < 1.29 is 23.7 Å². The average Bonchev–Trinajstić information content (AvgIpc) is 3.25. The van der Waals surface area contributed by atoms with Crippen LogP contribution in [0.15, 0.2) is 30.5 Å². The molecule has 28 heavy (non-hydrogen) atoms. The lowest BCUT2D eigenvalue weighted by Gasteiger charge is -2.14. The molecule has 0 spiro atoms. The highest BCUT2D eigenvalue weighted by atomic mass is 16.5. The Labute approximate surface area is 164 Å². The molecule has 1 amide bonds. The summed E-state index contributed by atoms with van der Waals surface area (Å²) in [5, 5.41) is 6.06. The van der Waals surface area contributed by atoms with Crippen molar-refractivity contribution in [3.63, 3.8) is 0 Å². The van der Waals surface area contributed by atoms with Gasteiger partial charge in [-0.1, -0.05) is 0 Å². The van der Waals surface area contributed by atoms with Crippen LogP contribution in [0.2, 0.25) is 0 Å². The quantitative estimate of drug-likeness (QED) is 0.720. The zero-order valence-electron chi connectivity index (χ0n) is 16.3. The molecule has 1 aliphatic rings. The average molecular weight is 387 g/mol. The number of carbonyl (C=O) groups excluding carboxylic acids is 1. The fourth-order valence-corrected chi connectivity index (χ4v) is 3.01. The molecule has 1 aromatic heterocycles. The summed E-state index contributed by atoms with van der Waals surface area (Å²) in [6.07, 6.45) is 4.01. The number of anilines is 2. The van der Waals surface area contributed by atoms with Crippen molar-refractivity contribution in [1.29, 1.82) is 0 Å². The van der Waals surface area contributed by atoms with Gasteiger partial charge in [0.25, 0.3) is 5.91 Å². The number of rotatable bonds is 8. The van der Waals surface area contributed by atoms with E-state index in [-0.39, 0.29) is 12.0 Å². The zero-order valence-corrected chi connectivity index (χ0v) is 16.3. The van der Waals surface area contributed by atoms with Crippen molar-refractivity contribution in [1.82, 2.24) is 4.98 Å². The summed E-state index contributed by atoms with van der Waals surface area (Å²) < 4.78 is 21.4. The third-order valence-corrected chi connectivity index (χ3v) is 4.48. The van der Waals surface area contributed by atoms with Gasteiger partial charge in [-0.25, -0.2) is 4.98 Å². The van der Waals surface area contributed by atoms with Gasteiger partial charge in [-0.3, -0.25) is 4.79 Å². The van der Waals surface area contributed by atoms with Crippen LogP contribution < -0.4 is 24.8 Å². The minimum atomic E-state index is -0.305. The Kier molecular flexibility index (Phi) is 6.54. The molecular formula is C20H25N3O5. The Morgan fingerprint density at radius 3 is 2.46 bits per heavy atom. The van der Waals surface area contributed by atoms with Crippen LogP contribution in [0, 0.1) is 0 Å². The van der Waals surface area contributed by atoms with Crippen LogP contribution >= 0.6 is 0 Å². The number of nitrogens with one attached hydrogen (secondary N) is 2. The molecule has 0 radical (unpaired) electrons. The first-order chi connectivity index (χ1) is 13.6. The van der Waals surface area contributed by atoms with Gasteiger partial charge < -0.3 is 29.6 Å². The molecular weight excluding hydrogens is 362 g/mol. The SMILES string of the molecule is COc1cc(C(=O)Nc2ccc(NCC3CCCO3)nc2)cc(OC)c1OC. The fourth-order valence-electron chi connectivity index (χ4n) is 3.01. The van der Waals surface area contributed by atoms with E-state index in [1.165, 1.54) is 21.3 Å². The van der Waals surface area contributed by atoms with Gasteiger partial charge in [0.2, 0.25) is 5.75 Å². The van der Waals surface area contributed by atoms with Gasteiger partial charge in [-0.05, 0) is 37.1 Å². The van der Waals surface area contributed by atoms with E-state index in [2.05, 4.69) is 15.6 Å². The Morgan fingerprint density at radius 1 is 1.18 bits per heavy atom. The first-order valence-corrected chi connectivity index (χ1v) is 9.07. The Hall–Kier alpha value is -3.00. The maximum atomic E-state index is 12.6. The lowest BCUT2D eigenvalue weighted by Crippen LogP contribution is -2.19. The number of hydrogen-bond donors (Lipinski definition) is 2. The van der Waals surface area contributed by atoms with E-state index < -0.39 is 0 Å². The van der Waals surface area contributed by atoms with Crippen molar-refractivity contribution in [3.05, 3.63) is 36.0 Å². The number of methoxy groups -OCH3 is 3. The first kappa shape index (κ1) is 19.8. The number of aromatic nitrogens is 1. The Balaban J connectivity index is 1.65. The summed E-state index contributed by atoms with van der Waals surface area (Å²) in [6.45, 7) is 1.55. The Morgan fingerprint density at radius 2 is 1.93 bits per heavy atom. The molecule has 1 saturated heterocycles. The molecule has 0 saturated carbocycles. The van der Waals surface area contributed by atoms with E-state index in [1.807, 2.05) is 6.07 Å². The summed E-state index contributed by atoms with van der Waals surface area (Å²) in [6, 6.07) is 6.81. The highest BCUT2D eigenvalue weighted by molar-refractivity contribution is 6.05. The molecule has 2 heterocycles. The van der Waals surface area contributed by atoms with Gasteiger partial charge in [0.1, 0.15) is 5.82 Å². The van der Waals surface area contributed by atoms with E-state index in [0.717, 1.165) is 31.8 Å². The lowest BCUT2D eigenvalue weighted by atomic mass is 10.1.